The average Bonchev–Trinajstić information content (AvgIpc) is 2.94. The first-order valence-corrected chi connectivity index (χ1v) is 8.34. The van der Waals surface area contributed by atoms with Crippen molar-refractivity contribution in [3.8, 4) is 0 Å². The van der Waals surface area contributed by atoms with Gasteiger partial charge >= 0.3 is 0 Å². The molecule has 0 spiro atoms. The molecule has 0 unspecified atom stereocenters. The van der Waals surface area contributed by atoms with Crippen LogP contribution in [0.5, 0.6) is 0 Å². The molecule has 3 nitrogen and oxygen atoms in total. The van der Waals surface area contributed by atoms with E-state index in [1.807, 2.05) is 13.8 Å². The molecule has 0 fully saturated rings. The van der Waals surface area contributed by atoms with Crippen molar-refractivity contribution in [2.24, 2.45) is 0 Å². The Kier molecular flexibility index (Phi) is 4.57. The molecule has 0 saturated heterocycles. The zero-order chi connectivity index (χ0) is 17.4. The average molecular weight is 362 g/mol. The number of aryl methyl sites for hydroxylation is 3. The monoisotopic (exact) mass is 361 g/mol. The van der Waals surface area contributed by atoms with E-state index in [4.69, 9.17) is 27.6 Å². The third-order valence-electron chi connectivity index (χ3n) is 4.20. The van der Waals surface area contributed by atoms with Crippen molar-refractivity contribution in [3.63, 3.8) is 0 Å². The van der Waals surface area contributed by atoms with Crippen LogP contribution < -0.4 is 5.32 Å². The lowest BCUT2D eigenvalue weighted by Gasteiger charge is -2.08. The fourth-order valence-corrected chi connectivity index (χ4v) is 3.23. The largest absolute Gasteiger partial charge is 0.464 e. The number of nitrogens with one attached hydrogen (secondary N) is 1. The molecule has 1 aromatic heterocycles. The van der Waals surface area contributed by atoms with Gasteiger partial charge in [0.2, 0.25) is 5.91 Å². The number of hydrogen-bond donors (Lipinski definition) is 1. The highest BCUT2D eigenvalue weighted by Gasteiger charge is 2.16. The van der Waals surface area contributed by atoms with Gasteiger partial charge in [-0.05, 0) is 49.6 Å². The normalized spacial score (nSPS) is 11.0. The lowest BCUT2D eigenvalue weighted by Crippen LogP contribution is -2.14. The molecule has 0 aliphatic rings. The predicted octanol–water partition coefficient (Wildman–Crippen LogP) is 5.85. The smallest absolute Gasteiger partial charge is 0.228 e. The summed E-state index contributed by atoms with van der Waals surface area (Å²) in [5.74, 6) is -0.167. The minimum Gasteiger partial charge on any atom is -0.464 e. The van der Waals surface area contributed by atoms with Crippen molar-refractivity contribution in [3.05, 3.63) is 62.8 Å². The molecule has 3 aromatic rings. The van der Waals surface area contributed by atoms with Crippen molar-refractivity contribution in [2.45, 2.75) is 27.2 Å². The van der Waals surface area contributed by atoms with Gasteiger partial charge in [0.25, 0.3) is 0 Å². The third-order valence-corrected chi connectivity index (χ3v) is 5.02. The Hall–Kier alpha value is -1.97. The van der Waals surface area contributed by atoms with E-state index < -0.39 is 0 Å². The SMILES string of the molecule is Cc1cc(C)c2c(CC(=O)Nc3cccc(Cl)c3Cl)coc2c1C. The molecule has 0 aliphatic heterocycles. The van der Waals surface area contributed by atoms with Gasteiger partial charge in [-0.15, -0.1) is 0 Å². The van der Waals surface area contributed by atoms with Crippen LogP contribution >= 0.6 is 23.2 Å². The summed E-state index contributed by atoms with van der Waals surface area (Å²) in [4.78, 5) is 12.4. The second kappa shape index (κ2) is 6.50. The quantitative estimate of drug-likeness (QED) is 0.635. The summed E-state index contributed by atoms with van der Waals surface area (Å²) in [5.41, 5.74) is 5.59. The Bertz CT molecular complexity index is 944. The predicted molar refractivity (Wildman–Crippen MR) is 99.2 cm³/mol. The summed E-state index contributed by atoms with van der Waals surface area (Å²) < 4.78 is 5.71. The Morgan fingerprint density at radius 1 is 1.17 bits per heavy atom. The van der Waals surface area contributed by atoms with Crippen LogP contribution in [0.4, 0.5) is 5.69 Å². The third kappa shape index (κ3) is 3.02. The number of furan rings is 1. The molecule has 0 atom stereocenters. The van der Waals surface area contributed by atoms with E-state index >= 15 is 0 Å². The summed E-state index contributed by atoms with van der Waals surface area (Å²) in [6, 6.07) is 7.26. The Morgan fingerprint density at radius 3 is 2.67 bits per heavy atom. The number of carbonyl (C=O) groups is 1. The molecule has 5 heteroatoms. The summed E-state index contributed by atoms with van der Waals surface area (Å²) in [6.45, 7) is 6.10. The molecule has 24 heavy (non-hydrogen) atoms. The second-order valence-corrected chi connectivity index (χ2v) is 6.71. The van der Waals surface area contributed by atoms with Gasteiger partial charge in [0.05, 0.1) is 28.4 Å². The molecular formula is C19H17Cl2NO2. The number of carbonyl (C=O) groups excluding carboxylic acids is 1. The summed E-state index contributed by atoms with van der Waals surface area (Å²) in [6.07, 6.45) is 1.86. The van der Waals surface area contributed by atoms with Crippen LogP contribution in [0.1, 0.15) is 22.3 Å². The van der Waals surface area contributed by atoms with Crippen LogP contribution in [0.15, 0.2) is 34.9 Å². The first kappa shape index (κ1) is 16.9. The molecule has 0 saturated carbocycles. The number of rotatable bonds is 3. The first-order valence-electron chi connectivity index (χ1n) is 7.59. The minimum atomic E-state index is -0.167. The van der Waals surface area contributed by atoms with Gasteiger partial charge in [-0.3, -0.25) is 4.79 Å². The number of fused-ring (bicyclic) bond motifs is 1. The maximum atomic E-state index is 12.4. The highest BCUT2D eigenvalue weighted by Crippen LogP contribution is 2.32. The molecule has 1 amide bonds. The zero-order valence-corrected chi connectivity index (χ0v) is 15.2. The van der Waals surface area contributed by atoms with Crippen LogP contribution in [0.25, 0.3) is 11.0 Å². The fourth-order valence-electron chi connectivity index (χ4n) is 2.88. The van der Waals surface area contributed by atoms with E-state index in [-0.39, 0.29) is 12.3 Å². The van der Waals surface area contributed by atoms with Gasteiger partial charge in [-0.2, -0.15) is 0 Å². The Balaban J connectivity index is 1.89. The lowest BCUT2D eigenvalue weighted by atomic mass is 9.99. The molecule has 0 bridgehead atoms. The molecule has 3 rings (SSSR count). The van der Waals surface area contributed by atoms with E-state index in [1.165, 1.54) is 5.56 Å². The lowest BCUT2D eigenvalue weighted by molar-refractivity contribution is -0.115. The molecule has 0 aliphatic carbocycles. The second-order valence-electron chi connectivity index (χ2n) is 5.93. The van der Waals surface area contributed by atoms with Crippen molar-refractivity contribution in [1.29, 1.82) is 0 Å². The van der Waals surface area contributed by atoms with E-state index in [1.54, 1.807) is 24.5 Å². The number of amides is 1. The van der Waals surface area contributed by atoms with Gasteiger partial charge in [0.1, 0.15) is 5.58 Å². The minimum absolute atomic E-state index is 0.167. The van der Waals surface area contributed by atoms with Crippen LogP contribution in [0, 0.1) is 20.8 Å². The van der Waals surface area contributed by atoms with Crippen LogP contribution in [-0.4, -0.2) is 5.91 Å². The number of benzene rings is 2. The highest BCUT2D eigenvalue weighted by molar-refractivity contribution is 6.44. The van der Waals surface area contributed by atoms with Crippen molar-refractivity contribution < 1.29 is 9.21 Å². The number of anilines is 1. The Labute approximate surface area is 150 Å². The fraction of sp³-hybridized carbons (Fsp3) is 0.211. The maximum absolute atomic E-state index is 12.4. The summed E-state index contributed by atoms with van der Waals surface area (Å²) in [7, 11) is 0. The zero-order valence-electron chi connectivity index (χ0n) is 13.7. The standard InChI is InChI=1S/C19H17Cl2NO2/c1-10-7-11(2)17-13(9-24-19(17)12(10)3)8-16(23)22-15-6-4-5-14(20)18(15)21/h4-7,9H,8H2,1-3H3,(H,22,23). The van der Waals surface area contributed by atoms with Crippen molar-refractivity contribution >= 4 is 45.8 Å². The maximum Gasteiger partial charge on any atom is 0.228 e. The van der Waals surface area contributed by atoms with Crippen molar-refractivity contribution in [1.82, 2.24) is 0 Å². The van der Waals surface area contributed by atoms with Crippen LogP contribution in [0.3, 0.4) is 0 Å². The topological polar surface area (TPSA) is 42.2 Å². The van der Waals surface area contributed by atoms with Gasteiger partial charge < -0.3 is 9.73 Å². The van der Waals surface area contributed by atoms with E-state index in [0.29, 0.717) is 15.7 Å². The highest BCUT2D eigenvalue weighted by atomic mass is 35.5. The van der Waals surface area contributed by atoms with Crippen LogP contribution in [0.2, 0.25) is 10.0 Å². The van der Waals surface area contributed by atoms with E-state index in [9.17, 15) is 4.79 Å². The molecular weight excluding hydrogens is 345 g/mol. The van der Waals surface area contributed by atoms with Gasteiger partial charge in [-0.1, -0.05) is 35.3 Å². The van der Waals surface area contributed by atoms with Gasteiger partial charge in [0.15, 0.2) is 0 Å². The summed E-state index contributed by atoms with van der Waals surface area (Å²) in [5, 5.41) is 4.56. The van der Waals surface area contributed by atoms with Crippen molar-refractivity contribution in [2.75, 3.05) is 5.32 Å². The van der Waals surface area contributed by atoms with Gasteiger partial charge in [-0.25, -0.2) is 0 Å². The first-order chi connectivity index (χ1) is 11.4. The van der Waals surface area contributed by atoms with E-state index in [2.05, 4.69) is 18.3 Å². The molecule has 124 valence electrons. The molecule has 1 heterocycles. The number of halogens is 2. The van der Waals surface area contributed by atoms with Gasteiger partial charge in [0, 0.05) is 10.9 Å². The Morgan fingerprint density at radius 2 is 1.92 bits per heavy atom. The summed E-state index contributed by atoms with van der Waals surface area (Å²) >= 11 is 12.1. The molecule has 2 aromatic carbocycles. The molecule has 0 radical (unpaired) electrons. The van der Waals surface area contributed by atoms with E-state index in [0.717, 1.165) is 27.7 Å². The molecule has 1 N–H and O–H groups in total. The van der Waals surface area contributed by atoms with Crippen LogP contribution in [-0.2, 0) is 11.2 Å². The number of hydrogen-bond acceptors (Lipinski definition) is 2.